The molecule has 1 amide bonds. The molecule has 7 heteroatoms. The molecule has 25 heavy (non-hydrogen) atoms. The fraction of sp³-hybridized carbons (Fsp3) is 0.444. The highest BCUT2D eigenvalue weighted by Gasteiger charge is 2.46. The maximum absolute atomic E-state index is 14.0. The molecule has 2 heterocycles. The monoisotopic (exact) mass is 349 g/mol. The molecular weight excluding hydrogens is 328 g/mol. The second kappa shape index (κ2) is 5.91. The number of nitrogens with zero attached hydrogens (tertiary/aromatic N) is 1. The summed E-state index contributed by atoms with van der Waals surface area (Å²) < 4.78 is 34.1. The molecule has 1 aliphatic heterocycles. The van der Waals surface area contributed by atoms with Gasteiger partial charge in [0.25, 0.3) is 5.91 Å². The van der Waals surface area contributed by atoms with Gasteiger partial charge < -0.3 is 10.1 Å². The van der Waals surface area contributed by atoms with Crippen LogP contribution in [0.25, 0.3) is 11.3 Å². The first kappa shape index (κ1) is 17.5. The van der Waals surface area contributed by atoms with Crippen LogP contribution in [-0.2, 0) is 4.74 Å². The lowest BCUT2D eigenvalue weighted by molar-refractivity contribution is -0.0693. The van der Waals surface area contributed by atoms with E-state index in [1.54, 1.807) is 0 Å². The third-order valence-corrected chi connectivity index (χ3v) is 4.48. The molecule has 1 fully saturated rings. The van der Waals surface area contributed by atoms with E-state index in [1.165, 1.54) is 12.3 Å². The molecule has 1 aromatic heterocycles. The standard InChI is InChI=1S/C18H21F2N3O2/c1-17(2)8-13(18(3,4)25-17)22-16(24)10-9-21-23-15(10)14-11(19)6-5-7-12(14)20/h5-7,9,13H,8H2,1-4H3,(H,21,23)(H,22,24). The Balaban J connectivity index is 1.90. The van der Waals surface area contributed by atoms with Crippen LogP contribution in [0.2, 0.25) is 0 Å². The van der Waals surface area contributed by atoms with Gasteiger partial charge in [0.05, 0.1) is 40.3 Å². The smallest absolute Gasteiger partial charge is 0.255 e. The highest BCUT2D eigenvalue weighted by Crippen LogP contribution is 2.37. The van der Waals surface area contributed by atoms with Gasteiger partial charge in [-0.05, 0) is 46.2 Å². The van der Waals surface area contributed by atoms with Gasteiger partial charge in [-0.25, -0.2) is 8.78 Å². The number of hydrogen-bond donors (Lipinski definition) is 2. The third kappa shape index (κ3) is 3.28. The number of nitrogens with one attached hydrogen (secondary N) is 2. The minimum Gasteiger partial charge on any atom is -0.367 e. The van der Waals surface area contributed by atoms with Crippen LogP contribution >= 0.6 is 0 Å². The van der Waals surface area contributed by atoms with Gasteiger partial charge in [0.1, 0.15) is 11.6 Å². The predicted molar refractivity (Wildman–Crippen MR) is 89.1 cm³/mol. The highest BCUT2D eigenvalue weighted by atomic mass is 19.1. The maximum atomic E-state index is 14.0. The van der Waals surface area contributed by atoms with Crippen LogP contribution < -0.4 is 5.32 Å². The van der Waals surface area contributed by atoms with Gasteiger partial charge in [0.2, 0.25) is 0 Å². The average Bonchev–Trinajstić information content (AvgIpc) is 3.01. The van der Waals surface area contributed by atoms with Crippen molar-refractivity contribution in [2.24, 2.45) is 0 Å². The molecule has 0 spiro atoms. The van der Waals surface area contributed by atoms with E-state index in [4.69, 9.17) is 4.74 Å². The van der Waals surface area contributed by atoms with Crippen LogP contribution in [-0.4, -0.2) is 33.3 Å². The molecule has 0 bridgehead atoms. The van der Waals surface area contributed by atoms with E-state index in [2.05, 4.69) is 15.5 Å². The molecule has 0 saturated carbocycles. The second-order valence-corrected chi connectivity index (χ2v) is 7.45. The van der Waals surface area contributed by atoms with Gasteiger partial charge >= 0.3 is 0 Å². The summed E-state index contributed by atoms with van der Waals surface area (Å²) in [7, 11) is 0. The summed E-state index contributed by atoms with van der Waals surface area (Å²) in [5, 5.41) is 9.22. The summed E-state index contributed by atoms with van der Waals surface area (Å²) in [6.07, 6.45) is 1.90. The zero-order chi connectivity index (χ0) is 18.4. The summed E-state index contributed by atoms with van der Waals surface area (Å²) in [4.78, 5) is 12.7. The Hall–Kier alpha value is -2.28. The van der Waals surface area contributed by atoms with Crippen molar-refractivity contribution in [2.45, 2.75) is 51.4 Å². The topological polar surface area (TPSA) is 67.0 Å². The summed E-state index contributed by atoms with van der Waals surface area (Å²) in [6, 6.07) is 3.31. The molecule has 1 unspecified atom stereocenters. The van der Waals surface area contributed by atoms with Crippen molar-refractivity contribution in [3.8, 4) is 11.3 Å². The SMILES string of the molecule is CC1(C)CC(NC(=O)c2cn[nH]c2-c2c(F)cccc2F)C(C)(C)O1. The third-order valence-electron chi connectivity index (χ3n) is 4.48. The van der Waals surface area contributed by atoms with E-state index in [0.29, 0.717) is 6.42 Å². The first-order valence-corrected chi connectivity index (χ1v) is 8.09. The fourth-order valence-electron chi connectivity index (χ4n) is 3.41. The molecule has 1 aromatic carbocycles. The zero-order valence-electron chi connectivity index (χ0n) is 14.6. The predicted octanol–water partition coefficient (Wildman–Crippen LogP) is 3.43. The average molecular weight is 349 g/mol. The van der Waals surface area contributed by atoms with Crippen molar-refractivity contribution in [1.82, 2.24) is 15.5 Å². The van der Waals surface area contributed by atoms with Gasteiger partial charge in [-0.1, -0.05) is 6.07 Å². The van der Waals surface area contributed by atoms with Gasteiger partial charge in [-0.2, -0.15) is 5.10 Å². The number of carbonyl (C=O) groups excluding carboxylic acids is 1. The lowest BCUT2D eigenvalue weighted by atomic mass is 9.94. The molecule has 1 atom stereocenters. The minimum absolute atomic E-state index is 0.0177. The summed E-state index contributed by atoms with van der Waals surface area (Å²) in [5.74, 6) is -1.97. The first-order chi connectivity index (χ1) is 11.6. The molecule has 2 N–H and O–H groups in total. The maximum Gasteiger partial charge on any atom is 0.255 e. The van der Waals surface area contributed by atoms with Gasteiger partial charge in [0.15, 0.2) is 0 Å². The summed E-state index contributed by atoms with van der Waals surface area (Å²) in [5.41, 5.74) is -1.11. The Kier molecular flexibility index (Phi) is 4.15. The normalized spacial score (nSPS) is 21.3. The van der Waals surface area contributed by atoms with Crippen LogP contribution in [0.4, 0.5) is 8.78 Å². The van der Waals surface area contributed by atoms with E-state index in [0.717, 1.165) is 12.1 Å². The van der Waals surface area contributed by atoms with E-state index in [-0.39, 0.29) is 28.5 Å². The number of halogens is 2. The van der Waals surface area contributed by atoms with Gasteiger partial charge in [0, 0.05) is 0 Å². The number of aromatic nitrogens is 2. The largest absolute Gasteiger partial charge is 0.367 e. The molecule has 134 valence electrons. The van der Waals surface area contributed by atoms with Crippen molar-refractivity contribution in [3.05, 3.63) is 41.6 Å². The molecule has 0 aliphatic carbocycles. The lowest BCUT2D eigenvalue weighted by Crippen LogP contribution is -2.46. The molecule has 0 radical (unpaired) electrons. The quantitative estimate of drug-likeness (QED) is 0.892. The summed E-state index contributed by atoms with van der Waals surface area (Å²) in [6.45, 7) is 7.72. The van der Waals surface area contributed by atoms with Crippen molar-refractivity contribution in [1.29, 1.82) is 0 Å². The van der Waals surface area contributed by atoms with Gasteiger partial charge in [-0.15, -0.1) is 0 Å². The van der Waals surface area contributed by atoms with Crippen molar-refractivity contribution < 1.29 is 18.3 Å². The number of H-pyrrole nitrogens is 1. The number of hydrogen-bond acceptors (Lipinski definition) is 3. The Morgan fingerprint density at radius 3 is 2.48 bits per heavy atom. The molecule has 2 aromatic rings. The molecule has 5 nitrogen and oxygen atoms in total. The Labute approximate surface area is 144 Å². The first-order valence-electron chi connectivity index (χ1n) is 8.09. The van der Waals surface area contributed by atoms with Crippen molar-refractivity contribution >= 4 is 5.91 Å². The Morgan fingerprint density at radius 2 is 1.92 bits per heavy atom. The van der Waals surface area contributed by atoms with Crippen LogP contribution in [0.3, 0.4) is 0 Å². The summed E-state index contributed by atoms with van der Waals surface area (Å²) >= 11 is 0. The highest BCUT2D eigenvalue weighted by molar-refractivity contribution is 6.00. The van der Waals surface area contributed by atoms with Gasteiger partial charge in [-0.3, -0.25) is 9.89 Å². The number of aromatic amines is 1. The van der Waals surface area contributed by atoms with E-state index >= 15 is 0 Å². The number of ether oxygens (including phenoxy) is 1. The van der Waals surface area contributed by atoms with Crippen molar-refractivity contribution in [2.75, 3.05) is 0 Å². The Bertz CT molecular complexity index is 794. The Morgan fingerprint density at radius 1 is 1.28 bits per heavy atom. The van der Waals surface area contributed by atoms with Crippen molar-refractivity contribution in [3.63, 3.8) is 0 Å². The number of benzene rings is 1. The van der Waals surface area contributed by atoms with E-state index in [9.17, 15) is 13.6 Å². The molecular formula is C18H21F2N3O2. The zero-order valence-corrected chi connectivity index (χ0v) is 14.6. The van der Waals surface area contributed by atoms with Crippen LogP contribution in [0, 0.1) is 11.6 Å². The molecule has 3 rings (SSSR count). The lowest BCUT2D eigenvalue weighted by Gasteiger charge is -2.27. The van der Waals surface area contributed by atoms with Crippen LogP contribution in [0.5, 0.6) is 0 Å². The molecule has 1 saturated heterocycles. The molecule has 1 aliphatic rings. The number of amides is 1. The minimum atomic E-state index is -0.760. The number of rotatable bonds is 3. The van der Waals surface area contributed by atoms with Crippen LogP contribution in [0.15, 0.2) is 24.4 Å². The van der Waals surface area contributed by atoms with Crippen LogP contribution in [0.1, 0.15) is 44.5 Å². The van der Waals surface area contributed by atoms with E-state index in [1.807, 2.05) is 27.7 Å². The number of carbonyl (C=O) groups is 1. The fourth-order valence-corrected chi connectivity index (χ4v) is 3.41. The van der Waals surface area contributed by atoms with E-state index < -0.39 is 23.1 Å². The second-order valence-electron chi connectivity index (χ2n) is 7.45.